The number of nitrogens with one attached hydrogen (secondary N) is 1. The monoisotopic (exact) mass is 318 g/mol. The summed E-state index contributed by atoms with van der Waals surface area (Å²) in [7, 11) is 2.65. The summed E-state index contributed by atoms with van der Waals surface area (Å²) < 4.78 is 29.3. The average Bonchev–Trinajstić information content (AvgIpc) is 2.87. The van der Waals surface area contributed by atoms with E-state index in [2.05, 4.69) is 10.2 Å². The second-order valence-electron chi connectivity index (χ2n) is 6.60. The Bertz CT molecular complexity index is 425. The molecule has 7 heteroatoms. The molecule has 2 unspecified atom stereocenters. The number of likely N-dealkylation sites (N-methyl/N-ethyl adjacent to an activating group) is 1. The lowest BCUT2D eigenvalue weighted by atomic mass is 10.00. The normalized spacial score (nSPS) is 29.3. The van der Waals surface area contributed by atoms with Gasteiger partial charge in [0.2, 0.25) is 0 Å². The molecule has 21 heavy (non-hydrogen) atoms. The highest BCUT2D eigenvalue weighted by molar-refractivity contribution is 7.86. The fourth-order valence-electron chi connectivity index (χ4n) is 3.56. The molecule has 0 aromatic heterocycles. The van der Waals surface area contributed by atoms with Gasteiger partial charge in [-0.1, -0.05) is 0 Å². The summed E-state index contributed by atoms with van der Waals surface area (Å²) in [4.78, 5) is 2.08. The van der Waals surface area contributed by atoms with Gasteiger partial charge in [0, 0.05) is 32.2 Å². The van der Waals surface area contributed by atoms with Gasteiger partial charge in [-0.25, -0.2) is 0 Å². The van der Waals surface area contributed by atoms with E-state index in [-0.39, 0.29) is 6.04 Å². The van der Waals surface area contributed by atoms with Crippen LogP contribution in [0.4, 0.5) is 0 Å². The molecule has 0 spiro atoms. The third-order valence-electron chi connectivity index (χ3n) is 4.50. The number of hydrogen-bond acceptors (Lipinski definition) is 4. The lowest BCUT2D eigenvalue weighted by Gasteiger charge is -2.36. The predicted octanol–water partition coefficient (Wildman–Crippen LogP) is 0.189. The van der Waals surface area contributed by atoms with Crippen molar-refractivity contribution in [2.75, 3.05) is 53.9 Å². The maximum Gasteiger partial charge on any atom is 0.282 e. The molecule has 0 aromatic rings. The molecule has 2 aliphatic heterocycles. The van der Waals surface area contributed by atoms with Crippen molar-refractivity contribution < 1.29 is 8.42 Å². The highest BCUT2D eigenvalue weighted by Crippen LogP contribution is 2.27. The van der Waals surface area contributed by atoms with Gasteiger partial charge >= 0.3 is 0 Å². The maximum atomic E-state index is 12.9. The van der Waals surface area contributed by atoms with Crippen molar-refractivity contribution in [3.05, 3.63) is 0 Å². The van der Waals surface area contributed by atoms with Crippen molar-refractivity contribution in [2.45, 2.75) is 31.7 Å². The number of hydrogen-bond donors (Lipinski definition) is 1. The first-order chi connectivity index (χ1) is 9.95. The van der Waals surface area contributed by atoms with Crippen molar-refractivity contribution in [1.29, 1.82) is 0 Å². The van der Waals surface area contributed by atoms with E-state index in [1.54, 1.807) is 8.61 Å². The van der Waals surface area contributed by atoms with Crippen molar-refractivity contribution in [2.24, 2.45) is 5.92 Å². The summed E-state index contributed by atoms with van der Waals surface area (Å²) in [5.74, 6) is 0.438. The van der Waals surface area contributed by atoms with E-state index in [1.165, 1.54) is 0 Å². The molecule has 1 N–H and O–H groups in total. The van der Waals surface area contributed by atoms with Gasteiger partial charge < -0.3 is 10.2 Å². The Morgan fingerprint density at radius 1 is 1.19 bits per heavy atom. The van der Waals surface area contributed by atoms with E-state index in [1.807, 2.05) is 21.1 Å². The zero-order valence-corrected chi connectivity index (χ0v) is 14.4. The third kappa shape index (κ3) is 4.16. The average molecular weight is 318 g/mol. The van der Waals surface area contributed by atoms with Gasteiger partial charge in [0.25, 0.3) is 10.2 Å². The van der Waals surface area contributed by atoms with Gasteiger partial charge in [0.15, 0.2) is 0 Å². The van der Waals surface area contributed by atoms with Gasteiger partial charge in [0.05, 0.1) is 0 Å². The molecule has 2 fully saturated rings. The van der Waals surface area contributed by atoms with Crippen LogP contribution in [0.2, 0.25) is 0 Å². The molecule has 0 bridgehead atoms. The number of nitrogens with zero attached hydrogens (tertiary/aromatic N) is 3. The van der Waals surface area contributed by atoms with Crippen LogP contribution in [0.3, 0.4) is 0 Å². The molecule has 0 amide bonds. The van der Waals surface area contributed by atoms with Crippen LogP contribution in [-0.4, -0.2) is 81.8 Å². The van der Waals surface area contributed by atoms with Crippen molar-refractivity contribution in [3.63, 3.8) is 0 Å². The fourth-order valence-corrected chi connectivity index (χ4v) is 5.52. The summed E-state index contributed by atoms with van der Waals surface area (Å²) in [6.45, 7) is 3.72. The first kappa shape index (κ1) is 17.1. The zero-order valence-electron chi connectivity index (χ0n) is 13.6. The maximum absolute atomic E-state index is 12.9. The second-order valence-corrected chi connectivity index (χ2v) is 8.48. The quantitative estimate of drug-likeness (QED) is 0.759. The molecular weight excluding hydrogens is 288 g/mol. The molecule has 0 aromatic carbocycles. The Hall–Kier alpha value is -0.210. The fraction of sp³-hybridized carbons (Fsp3) is 1.00. The Labute approximate surface area is 129 Å². The molecule has 6 nitrogen and oxygen atoms in total. The summed E-state index contributed by atoms with van der Waals surface area (Å²) in [6.07, 6.45) is 4.04. The van der Waals surface area contributed by atoms with E-state index >= 15 is 0 Å². The number of rotatable bonds is 6. The minimum absolute atomic E-state index is 0.134. The molecule has 2 heterocycles. The SMILES string of the molecule is CNCC1CCCN(S(=O)(=O)N2CCCC2CN(C)C)C1. The third-order valence-corrected chi connectivity index (χ3v) is 6.55. The Kier molecular flexibility index (Phi) is 6.02. The minimum Gasteiger partial charge on any atom is -0.319 e. The largest absolute Gasteiger partial charge is 0.319 e. The first-order valence-corrected chi connectivity index (χ1v) is 9.41. The molecule has 2 atom stereocenters. The van der Waals surface area contributed by atoms with Gasteiger partial charge in [-0.3, -0.25) is 0 Å². The van der Waals surface area contributed by atoms with Crippen LogP contribution in [0, 0.1) is 5.92 Å². The van der Waals surface area contributed by atoms with Crippen molar-refractivity contribution >= 4 is 10.2 Å². The highest BCUT2D eigenvalue weighted by Gasteiger charge is 2.39. The Morgan fingerprint density at radius 3 is 2.57 bits per heavy atom. The predicted molar refractivity (Wildman–Crippen MR) is 85.4 cm³/mol. The molecule has 2 saturated heterocycles. The van der Waals surface area contributed by atoms with E-state index in [0.717, 1.165) is 38.8 Å². The molecule has 2 rings (SSSR count). The van der Waals surface area contributed by atoms with Gasteiger partial charge in [-0.15, -0.1) is 0 Å². The smallest absolute Gasteiger partial charge is 0.282 e. The second kappa shape index (κ2) is 7.37. The molecular formula is C14H30N4O2S. The van der Waals surface area contributed by atoms with Crippen LogP contribution < -0.4 is 5.32 Å². The summed E-state index contributed by atoms with van der Waals surface area (Å²) in [5, 5.41) is 3.17. The summed E-state index contributed by atoms with van der Waals surface area (Å²) in [5.41, 5.74) is 0. The molecule has 2 aliphatic rings. The van der Waals surface area contributed by atoms with E-state index < -0.39 is 10.2 Å². The summed E-state index contributed by atoms with van der Waals surface area (Å²) in [6, 6.07) is 0.134. The number of piperidine rings is 1. The molecule has 0 saturated carbocycles. The van der Waals surface area contributed by atoms with E-state index in [0.29, 0.717) is 25.6 Å². The standard InChI is InChI=1S/C14H30N4O2S/c1-15-10-13-6-4-8-17(11-13)21(19,20)18-9-5-7-14(18)12-16(2)3/h13-15H,4-12H2,1-3H3. The lowest BCUT2D eigenvalue weighted by Crippen LogP contribution is -2.52. The topological polar surface area (TPSA) is 55.9 Å². The minimum atomic E-state index is -3.30. The molecule has 0 aliphatic carbocycles. The van der Waals surface area contributed by atoms with Gasteiger partial charge in [-0.05, 0) is 59.3 Å². The Balaban J connectivity index is 2.05. The van der Waals surface area contributed by atoms with Crippen molar-refractivity contribution in [1.82, 2.24) is 18.8 Å². The van der Waals surface area contributed by atoms with Crippen LogP contribution in [0.5, 0.6) is 0 Å². The first-order valence-electron chi connectivity index (χ1n) is 8.01. The van der Waals surface area contributed by atoms with Crippen LogP contribution >= 0.6 is 0 Å². The van der Waals surface area contributed by atoms with Crippen molar-refractivity contribution in [3.8, 4) is 0 Å². The van der Waals surface area contributed by atoms with Crippen LogP contribution in [0.1, 0.15) is 25.7 Å². The van der Waals surface area contributed by atoms with Gasteiger partial charge in [0.1, 0.15) is 0 Å². The van der Waals surface area contributed by atoms with E-state index in [4.69, 9.17) is 0 Å². The summed E-state index contributed by atoms with van der Waals surface area (Å²) >= 11 is 0. The van der Waals surface area contributed by atoms with Gasteiger partial charge in [-0.2, -0.15) is 17.0 Å². The van der Waals surface area contributed by atoms with Crippen LogP contribution in [-0.2, 0) is 10.2 Å². The van der Waals surface area contributed by atoms with Crippen LogP contribution in [0.25, 0.3) is 0 Å². The lowest BCUT2D eigenvalue weighted by molar-refractivity contribution is 0.230. The molecule has 0 radical (unpaired) electrons. The van der Waals surface area contributed by atoms with E-state index in [9.17, 15) is 8.42 Å². The zero-order chi connectivity index (χ0) is 15.5. The molecule has 124 valence electrons. The highest BCUT2D eigenvalue weighted by atomic mass is 32.2. The Morgan fingerprint density at radius 2 is 1.90 bits per heavy atom. The van der Waals surface area contributed by atoms with Crippen LogP contribution in [0.15, 0.2) is 0 Å².